The van der Waals surface area contributed by atoms with Gasteiger partial charge in [-0.05, 0) is 61.3 Å². The van der Waals surface area contributed by atoms with Crippen LogP contribution < -0.4 is 20.1 Å². The Balaban J connectivity index is 1.56. The number of pyridine rings is 1. The Labute approximate surface area is 161 Å². The Morgan fingerprint density at radius 2 is 2.11 bits per heavy atom. The van der Waals surface area contributed by atoms with Crippen molar-refractivity contribution in [1.82, 2.24) is 15.6 Å². The van der Waals surface area contributed by atoms with Crippen LogP contribution in [0, 0.1) is 5.92 Å². The van der Waals surface area contributed by atoms with E-state index in [-0.39, 0.29) is 0 Å². The Morgan fingerprint density at radius 3 is 2.85 bits per heavy atom. The predicted octanol–water partition coefficient (Wildman–Crippen LogP) is 2.97. The van der Waals surface area contributed by atoms with E-state index in [0.29, 0.717) is 13.2 Å². The molecular weight excluding hydrogens is 338 g/mol. The molecule has 2 aromatic rings. The average molecular weight is 367 g/mol. The molecule has 1 unspecified atom stereocenters. The van der Waals surface area contributed by atoms with Gasteiger partial charge in [0.25, 0.3) is 0 Å². The number of nitrogens with zero attached hydrogens (tertiary/aromatic N) is 1. The molecule has 0 amide bonds. The highest BCUT2D eigenvalue weighted by atomic mass is 16.5. The van der Waals surface area contributed by atoms with Gasteiger partial charge in [0.05, 0.1) is 6.61 Å². The molecule has 0 saturated carbocycles. The zero-order valence-corrected chi connectivity index (χ0v) is 15.8. The van der Waals surface area contributed by atoms with Gasteiger partial charge in [-0.1, -0.05) is 18.7 Å². The largest absolute Gasteiger partial charge is 0.493 e. The van der Waals surface area contributed by atoms with E-state index in [1.807, 2.05) is 18.3 Å². The molecule has 2 N–H and O–H groups in total. The minimum atomic E-state index is 0.486. The first-order chi connectivity index (χ1) is 13.3. The van der Waals surface area contributed by atoms with Gasteiger partial charge < -0.3 is 20.1 Å². The van der Waals surface area contributed by atoms with E-state index in [0.717, 1.165) is 50.0 Å². The lowest BCUT2D eigenvalue weighted by atomic mass is 10.1. The van der Waals surface area contributed by atoms with Crippen molar-refractivity contribution in [2.24, 2.45) is 5.92 Å². The summed E-state index contributed by atoms with van der Waals surface area (Å²) in [7, 11) is 0. The highest BCUT2D eigenvalue weighted by Gasteiger charge is 2.13. The number of hydrogen-bond donors (Lipinski definition) is 2. The van der Waals surface area contributed by atoms with Crippen LogP contribution in [0.15, 0.2) is 55.4 Å². The van der Waals surface area contributed by atoms with Gasteiger partial charge in [0.1, 0.15) is 18.1 Å². The highest BCUT2D eigenvalue weighted by molar-refractivity contribution is 5.38. The van der Waals surface area contributed by atoms with Crippen LogP contribution in [-0.2, 0) is 13.0 Å². The monoisotopic (exact) mass is 367 g/mol. The molecule has 0 spiro atoms. The van der Waals surface area contributed by atoms with Crippen LogP contribution in [0.1, 0.15) is 17.5 Å². The third-order valence-electron chi connectivity index (χ3n) is 4.61. The van der Waals surface area contributed by atoms with Gasteiger partial charge in [-0.2, -0.15) is 0 Å². The van der Waals surface area contributed by atoms with Crippen LogP contribution in [0.3, 0.4) is 0 Å². The third kappa shape index (κ3) is 6.70. The van der Waals surface area contributed by atoms with Gasteiger partial charge >= 0.3 is 0 Å². The summed E-state index contributed by atoms with van der Waals surface area (Å²) < 4.78 is 11.7. The fourth-order valence-electron chi connectivity index (χ4n) is 3.20. The Morgan fingerprint density at radius 1 is 1.22 bits per heavy atom. The molecule has 1 atom stereocenters. The van der Waals surface area contributed by atoms with E-state index in [4.69, 9.17) is 9.47 Å². The first-order valence-electron chi connectivity index (χ1n) is 9.64. The molecular formula is C22H29N3O2. The number of ether oxygens (including phenoxy) is 2. The fraction of sp³-hybridized carbons (Fsp3) is 0.409. The molecule has 27 heavy (non-hydrogen) atoms. The SMILES string of the molecule is C=CCOc1cc(CNCC2CCNC2)cc(OCCc2cccnc2)c1. The second kappa shape index (κ2) is 10.7. The maximum absolute atomic E-state index is 5.98. The summed E-state index contributed by atoms with van der Waals surface area (Å²) in [5, 5.41) is 6.96. The number of benzene rings is 1. The molecule has 0 aliphatic carbocycles. The third-order valence-corrected chi connectivity index (χ3v) is 4.61. The topological polar surface area (TPSA) is 55.4 Å². The van der Waals surface area contributed by atoms with Gasteiger partial charge in [0.15, 0.2) is 0 Å². The van der Waals surface area contributed by atoms with Gasteiger partial charge in [-0.3, -0.25) is 4.98 Å². The summed E-state index contributed by atoms with van der Waals surface area (Å²) in [6.07, 6.45) is 7.49. The van der Waals surface area contributed by atoms with Crippen molar-refractivity contribution in [3.63, 3.8) is 0 Å². The van der Waals surface area contributed by atoms with Gasteiger partial charge in [-0.15, -0.1) is 0 Å². The lowest BCUT2D eigenvalue weighted by molar-refractivity contribution is 0.315. The maximum atomic E-state index is 5.98. The van der Waals surface area contributed by atoms with Crippen LogP contribution in [0.4, 0.5) is 0 Å². The molecule has 1 aromatic carbocycles. The molecule has 1 saturated heterocycles. The number of hydrogen-bond acceptors (Lipinski definition) is 5. The molecule has 2 heterocycles. The highest BCUT2D eigenvalue weighted by Crippen LogP contribution is 2.23. The summed E-state index contributed by atoms with van der Waals surface area (Å²) in [6.45, 7) is 8.89. The van der Waals surface area contributed by atoms with Gasteiger partial charge in [0, 0.05) is 31.4 Å². The normalized spacial score (nSPS) is 16.2. The molecule has 1 fully saturated rings. The number of nitrogens with one attached hydrogen (secondary N) is 2. The van der Waals surface area contributed by atoms with E-state index in [1.165, 1.54) is 17.5 Å². The molecule has 144 valence electrons. The van der Waals surface area contributed by atoms with E-state index < -0.39 is 0 Å². The predicted molar refractivity (Wildman–Crippen MR) is 108 cm³/mol. The van der Waals surface area contributed by atoms with Gasteiger partial charge in [-0.25, -0.2) is 0 Å². The molecule has 5 nitrogen and oxygen atoms in total. The van der Waals surface area contributed by atoms with Crippen molar-refractivity contribution >= 4 is 0 Å². The minimum absolute atomic E-state index is 0.486. The van der Waals surface area contributed by atoms with Crippen molar-refractivity contribution < 1.29 is 9.47 Å². The first-order valence-corrected chi connectivity index (χ1v) is 9.64. The minimum Gasteiger partial charge on any atom is -0.493 e. The summed E-state index contributed by atoms with van der Waals surface area (Å²) in [5.41, 5.74) is 2.34. The molecule has 1 aliphatic heterocycles. The van der Waals surface area contributed by atoms with Crippen molar-refractivity contribution in [2.75, 3.05) is 32.8 Å². The Kier molecular flexibility index (Phi) is 7.69. The quantitative estimate of drug-likeness (QED) is 0.598. The zero-order chi connectivity index (χ0) is 18.7. The van der Waals surface area contributed by atoms with Gasteiger partial charge in [0.2, 0.25) is 0 Å². The van der Waals surface area contributed by atoms with Crippen LogP contribution >= 0.6 is 0 Å². The summed E-state index contributed by atoms with van der Waals surface area (Å²) in [5.74, 6) is 2.37. The summed E-state index contributed by atoms with van der Waals surface area (Å²) in [4.78, 5) is 4.14. The maximum Gasteiger partial charge on any atom is 0.123 e. The zero-order valence-electron chi connectivity index (χ0n) is 15.8. The van der Waals surface area contributed by atoms with Crippen molar-refractivity contribution in [3.8, 4) is 11.5 Å². The lowest BCUT2D eigenvalue weighted by Gasteiger charge is -2.14. The Hall–Kier alpha value is -2.37. The average Bonchev–Trinajstić information content (AvgIpc) is 3.21. The van der Waals surface area contributed by atoms with Crippen LogP contribution in [-0.4, -0.2) is 37.8 Å². The molecule has 3 rings (SSSR count). The molecule has 0 radical (unpaired) electrons. The second-order valence-electron chi connectivity index (χ2n) is 6.86. The number of rotatable bonds is 11. The standard InChI is InChI=1S/C22H29N3O2/c1-2-9-26-21-11-20(17-25-16-19-5-8-24-15-19)12-22(13-21)27-10-6-18-4-3-7-23-14-18/h2-4,7,11-14,19,24-25H,1,5-6,8-10,15-17H2. The smallest absolute Gasteiger partial charge is 0.123 e. The first kappa shape index (κ1) is 19.4. The molecule has 1 aromatic heterocycles. The van der Waals surface area contributed by atoms with Crippen LogP contribution in [0.25, 0.3) is 0 Å². The van der Waals surface area contributed by atoms with Crippen LogP contribution in [0.2, 0.25) is 0 Å². The second-order valence-corrected chi connectivity index (χ2v) is 6.86. The van der Waals surface area contributed by atoms with E-state index in [9.17, 15) is 0 Å². The molecule has 5 heteroatoms. The number of aromatic nitrogens is 1. The molecule has 1 aliphatic rings. The Bertz CT molecular complexity index is 700. The fourth-order valence-corrected chi connectivity index (χ4v) is 3.20. The van der Waals surface area contributed by atoms with Crippen LogP contribution in [0.5, 0.6) is 11.5 Å². The van der Waals surface area contributed by atoms with E-state index >= 15 is 0 Å². The van der Waals surface area contributed by atoms with Crippen molar-refractivity contribution in [3.05, 3.63) is 66.5 Å². The summed E-state index contributed by atoms with van der Waals surface area (Å²) in [6, 6.07) is 10.1. The summed E-state index contributed by atoms with van der Waals surface area (Å²) >= 11 is 0. The van der Waals surface area contributed by atoms with Crippen molar-refractivity contribution in [2.45, 2.75) is 19.4 Å². The van der Waals surface area contributed by atoms with E-state index in [2.05, 4.69) is 40.4 Å². The van der Waals surface area contributed by atoms with E-state index in [1.54, 1.807) is 12.3 Å². The molecule has 0 bridgehead atoms. The van der Waals surface area contributed by atoms with Crippen molar-refractivity contribution in [1.29, 1.82) is 0 Å². The lowest BCUT2D eigenvalue weighted by Crippen LogP contribution is -2.24.